The van der Waals surface area contributed by atoms with Gasteiger partial charge in [-0.15, -0.1) is 0 Å². The first kappa shape index (κ1) is 14.3. The van der Waals surface area contributed by atoms with Crippen LogP contribution in [0.1, 0.15) is 15.9 Å². The van der Waals surface area contributed by atoms with Crippen LogP contribution in [0.5, 0.6) is 5.75 Å². The lowest BCUT2D eigenvalue weighted by Crippen LogP contribution is -2.05. The number of hydrogen-bond donors (Lipinski definition) is 1. The number of carbonyl (C=O) groups is 1. The summed E-state index contributed by atoms with van der Waals surface area (Å²) in [7, 11) is 0. The fourth-order valence-electron chi connectivity index (χ4n) is 1.63. The van der Waals surface area contributed by atoms with E-state index in [2.05, 4.69) is 0 Å². The summed E-state index contributed by atoms with van der Waals surface area (Å²) < 4.78 is 31.4. The summed E-state index contributed by atoms with van der Waals surface area (Å²) in [5, 5.41) is 9.07. The van der Waals surface area contributed by atoms with Crippen LogP contribution in [0.15, 0.2) is 36.4 Å². The highest BCUT2D eigenvalue weighted by Crippen LogP contribution is 2.27. The van der Waals surface area contributed by atoms with Crippen molar-refractivity contribution < 1.29 is 23.4 Å². The van der Waals surface area contributed by atoms with Gasteiger partial charge in [-0.2, -0.15) is 0 Å². The van der Waals surface area contributed by atoms with E-state index in [-0.39, 0.29) is 28.5 Å². The van der Waals surface area contributed by atoms with Crippen LogP contribution in [-0.2, 0) is 6.61 Å². The molecule has 0 amide bonds. The molecule has 0 saturated heterocycles. The summed E-state index contributed by atoms with van der Waals surface area (Å²) in [5.74, 6) is -2.68. The van der Waals surface area contributed by atoms with E-state index in [9.17, 15) is 13.6 Å². The van der Waals surface area contributed by atoms with Crippen LogP contribution in [0.3, 0.4) is 0 Å². The van der Waals surface area contributed by atoms with Gasteiger partial charge in [0.2, 0.25) is 0 Å². The summed E-state index contributed by atoms with van der Waals surface area (Å²) in [6, 6.07) is 7.40. The number of hydrogen-bond acceptors (Lipinski definition) is 2. The van der Waals surface area contributed by atoms with E-state index in [0.717, 1.165) is 12.1 Å². The van der Waals surface area contributed by atoms with Gasteiger partial charge in [-0.25, -0.2) is 13.6 Å². The summed E-state index contributed by atoms with van der Waals surface area (Å²) in [6.07, 6.45) is 0. The van der Waals surface area contributed by atoms with Crippen molar-refractivity contribution in [3.63, 3.8) is 0 Å². The maximum Gasteiger partial charge on any atom is 0.341 e. The minimum absolute atomic E-state index is 0.0220. The van der Waals surface area contributed by atoms with Crippen molar-refractivity contribution in [1.29, 1.82) is 0 Å². The van der Waals surface area contributed by atoms with E-state index in [1.165, 1.54) is 24.3 Å². The van der Waals surface area contributed by atoms with Crippen molar-refractivity contribution in [2.45, 2.75) is 6.61 Å². The highest BCUT2D eigenvalue weighted by atomic mass is 35.5. The molecule has 3 nitrogen and oxygen atoms in total. The molecular weight excluding hydrogens is 290 g/mol. The van der Waals surface area contributed by atoms with Gasteiger partial charge in [0.05, 0.1) is 5.02 Å². The molecule has 0 atom stereocenters. The molecule has 0 unspecified atom stereocenters. The Kier molecular flexibility index (Phi) is 4.20. The molecule has 0 aromatic heterocycles. The second-order valence-electron chi connectivity index (χ2n) is 3.94. The predicted octanol–water partition coefficient (Wildman–Crippen LogP) is 3.90. The lowest BCUT2D eigenvalue weighted by Gasteiger charge is -2.10. The number of ether oxygens (including phenoxy) is 1. The van der Waals surface area contributed by atoms with E-state index in [4.69, 9.17) is 21.4 Å². The lowest BCUT2D eigenvalue weighted by atomic mass is 10.2. The summed E-state index contributed by atoms with van der Waals surface area (Å²) >= 11 is 5.77. The number of halogens is 3. The molecule has 2 rings (SSSR count). The Balaban J connectivity index is 2.23. The zero-order chi connectivity index (χ0) is 14.7. The molecule has 0 aliphatic heterocycles. The normalized spacial score (nSPS) is 10.3. The van der Waals surface area contributed by atoms with Gasteiger partial charge in [0.15, 0.2) is 0 Å². The average molecular weight is 299 g/mol. The fourth-order valence-corrected chi connectivity index (χ4v) is 1.87. The van der Waals surface area contributed by atoms with Gasteiger partial charge >= 0.3 is 5.97 Å². The first-order valence-corrected chi connectivity index (χ1v) is 5.95. The Morgan fingerprint density at radius 2 is 2.00 bits per heavy atom. The molecule has 1 N–H and O–H groups in total. The summed E-state index contributed by atoms with van der Waals surface area (Å²) in [6.45, 7) is -0.229. The SMILES string of the molecule is O=C(O)c1c(Cl)cccc1OCc1ccc(F)cc1F. The Labute approximate surface area is 118 Å². The molecular formula is C14H9ClF2O3. The van der Waals surface area contributed by atoms with E-state index in [1.54, 1.807) is 0 Å². The molecule has 0 fully saturated rings. The Hall–Kier alpha value is -2.14. The van der Waals surface area contributed by atoms with Crippen molar-refractivity contribution in [2.75, 3.05) is 0 Å². The number of carboxylic acid groups (broad SMARTS) is 1. The maximum absolute atomic E-state index is 13.4. The van der Waals surface area contributed by atoms with E-state index in [1.807, 2.05) is 0 Å². The third-order valence-electron chi connectivity index (χ3n) is 2.59. The molecule has 104 valence electrons. The summed E-state index contributed by atoms with van der Waals surface area (Å²) in [5.41, 5.74) is -0.0839. The molecule has 0 spiro atoms. The zero-order valence-electron chi connectivity index (χ0n) is 10.1. The number of benzene rings is 2. The molecule has 0 aliphatic rings. The molecule has 6 heteroatoms. The van der Waals surface area contributed by atoms with Crippen molar-refractivity contribution in [2.24, 2.45) is 0 Å². The smallest absolute Gasteiger partial charge is 0.341 e. The minimum Gasteiger partial charge on any atom is -0.488 e. The molecule has 0 saturated carbocycles. The standard InChI is InChI=1S/C14H9ClF2O3/c15-10-2-1-3-12(13(10)14(18)19)20-7-8-4-5-9(16)6-11(8)17/h1-6H,7H2,(H,18,19). The van der Waals surface area contributed by atoms with Crippen LogP contribution in [0.25, 0.3) is 0 Å². The molecule has 0 heterocycles. The number of carboxylic acids is 1. The zero-order valence-corrected chi connectivity index (χ0v) is 10.8. The van der Waals surface area contributed by atoms with Gasteiger partial charge in [0.25, 0.3) is 0 Å². The van der Waals surface area contributed by atoms with E-state index < -0.39 is 17.6 Å². The number of aromatic carboxylic acids is 1. The first-order valence-electron chi connectivity index (χ1n) is 5.57. The van der Waals surface area contributed by atoms with E-state index >= 15 is 0 Å². The molecule has 2 aromatic carbocycles. The highest BCUT2D eigenvalue weighted by molar-refractivity contribution is 6.33. The Bertz CT molecular complexity index is 659. The van der Waals surface area contributed by atoms with Crippen molar-refractivity contribution >= 4 is 17.6 Å². The Morgan fingerprint density at radius 3 is 2.65 bits per heavy atom. The van der Waals surface area contributed by atoms with Crippen molar-refractivity contribution in [3.8, 4) is 5.75 Å². The van der Waals surface area contributed by atoms with Gasteiger partial charge in [-0.1, -0.05) is 17.7 Å². The van der Waals surface area contributed by atoms with Crippen LogP contribution >= 0.6 is 11.6 Å². The monoisotopic (exact) mass is 298 g/mol. The second kappa shape index (κ2) is 5.88. The maximum atomic E-state index is 13.4. The van der Waals surface area contributed by atoms with Gasteiger partial charge in [0.1, 0.15) is 29.6 Å². The van der Waals surface area contributed by atoms with Crippen LogP contribution in [0, 0.1) is 11.6 Å². The minimum atomic E-state index is -1.25. The number of rotatable bonds is 4. The molecule has 20 heavy (non-hydrogen) atoms. The van der Waals surface area contributed by atoms with Gasteiger partial charge in [-0.05, 0) is 24.3 Å². The van der Waals surface area contributed by atoms with Crippen LogP contribution in [0.4, 0.5) is 8.78 Å². The molecule has 0 radical (unpaired) electrons. The van der Waals surface area contributed by atoms with Gasteiger partial charge in [-0.3, -0.25) is 0 Å². The lowest BCUT2D eigenvalue weighted by molar-refractivity contribution is 0.0692. The first-order chi connectivity index (χ1) is 9.49. The van der Waals surface area contributed by atoms with Crippen LogP contribution in [-0.4, -0.2) is 11.1 Å². The predicted molar refractivity (Wildman–Crippen MR) is 69.1 cm³/mol. The fraction of sp³-hybridized carbons (Fsp3) is 0.0714. The molecule has 0 bridgehead atoms. The molecule has 2 aromatic rings. The average Bonchev–Trinajstić information content (AvgIpc) is 2.37. The van der Waals surface area contributed by atoms with Crippen molar-refractivity contribution in [3.05, 3.63) is 64.2 Å². The summed E-state index contributed by atoms with van der Waals surface area (Å²) in [4.78, 5) is 11.1. The second-order valence-corrected chi connectivity index (χ2v) is 4.35. The Morgan fingerprint density at radius 1 is 1.25 bits per heavy atom. The third-order valence-corrected chi connectivity index (χ3v) is 2.90. The van der Waals surface area contributed by atoms with Gasteiger partial charge in [0, 0.05) is 11.6 Å². The highest BCUT2D eigenvalue weighted by Gasteiger charge is 2.16. The third kappa shape index (κ3) is 3.05. The van der Waals surface area contributed by atoms with Crippen LogP contribution < -0.4 is 4.74 Å². The van der Waals surface area contributed by atoms with Crippen LogP contribution in [0.2, 0.25) is 5.02 Å². The largest absolute Gasteiger partial charge is 0.488 e. The quantitative estimate of drug-likeness (QED) is 0.931. The van der Waals surface area contributed by atoms with Crippen molar-refractivity contribution in [1.82, 2.24) is 0 Å². The van der Waals surface area contributed by atoms with Gasteiger partial charge < -0.3 is 9.84 Å². The topological polar surface area (TPSA) is 46.5 Å². The molecule has 0 aliphatic carbocycles. The van der Waals surface area contributed by atoms with E-state index in [0.29, 0.717) is 0 Å².